The van der Waals surface area contributed by atoms with Gasteiger partial charge in [-0.1, -0.05) is 0 Å². The number of rotatable bonds is 7. The molecule has 3 N–H and O–H groups in total. The van der Waals surface area contributed by atoms with E-state index < -0.39 is 5.97 Å². The molecule has 5 nitrogen and oxygen atoms in total. The summed E-state index contributed by atoms with van der Waals surface area (Å²) in [4.78, 5) is 21.4. The van der Waals surface area contributed by atoms with E-state index in [0.29, 0.717) is 13.0 Å². The molecule has 1 fully saturated rings. The first-order valence-corrected chi connectivity index (χ1v) is 5.17. The fourth-order valence-corrected chi connectivity index (χ4v) is 1.52. The Kier molecular flexibility index (Phi) is 4.08. The fraction of sp³-hybridized carbons (Fsp3) is 0.800. The maximum atomic E-state index is 11.2. The summed E-state index contributed by atoms with van der Waals surface area (Å²) in [6.45, 7) is 0.705. The van der Waals surface area contributed by atoms with Crippen LogP contribution in [0.2, 0.25) is 0 Å². The van der Waals surface area contributed by atoms with Crippen LogP contribution in [0.5, 0.6) is 0 Å². The Bertz CT molecular complexity index is 248. The molecule has 0 spiro atoms. The smallest absolute Gasteiger partial charge is 0.303 e. The number of nitrogens with one attached hydrogen (secondary N) is 1. The zero-order valence-electron chi connectivity index (χ0n) is 8.66. The van der Waals surface area contributed by atoms with Gasteiger partial charge in [0.2, 0.25) is 5.91 Å². The van der Waals surface area contributed by atoms with Gasteiger partial charge in [-0.05, 0) is 24.7 Å². The van der Waals surface area contributed by atoms with E-state index in [1.807, 2.05) is 0 Å². The molecule has 0 aromatic carbocycles. The van der Waals surface area contributed by atoms with Gasteiger partial charge in [-0.25, -0.2) is 0 Å². The molecule has 0 aliphatic heterocycles. The third-order valence-electron chi connectivity index (χ3n) is 2.83. The van der Waals surface area contributed by atoms with Gasteiger partial charge in [0.15, 0.2) is 0 Å². The maximum absolute atomic E-state index is 11.2. The highest BCUT2D eigenvalue weighted by Crippen LogP contribution is 2.47. The molecule has 0 bridgehead atoms. The molecule has 86 valence electrons. The van der Waals surface area contributed by atoms with Crippen molar-refractivity contribution < 1.29 is 19.8 Å². The van der Waals surface area contributed by atoms with Crippen molar-refractivity contribution in [3.63, 3.8) is 0 Å². The summed E-state index contributed by atoms with van der Waals surface area (Å²) >= 11 is 0. The highest BCUT2D eigenvalue weighted by molar-refractivity contribution is 5.80. The lowest BCUT2D eigenvalue weighted by atomic mass is 10.0. The van der Waals surface area contributed by atoms with Crippen molar-refractivity contribution in [1.82, 2.24) is 5.32 Å². The Morgan fingerprint density at radius 2 is 1.93 bits per heavy atom. The van der Waals surface area contributed by atoms with E-state index in [1.54, 1.807) is 0 Å². The van der Waals surface area contributed by atoms with Crippen LogP contribution in [-0.4, -0.2) is 35.2 Å². The van der Waals surface area contributed by atoms with Crippen LogP contribution in [0.3, 0.4) is 0 Å². The summed E-state index contributed by atoms with van der Waals surface area (Å²) in [6.07, 6.45) is 2.69. The van der Waals surface area contributed by atoms with Crippen molar-refractivity contribution in [2.45, 2.75) is 32.1 Å². The summed E-state index contributed by atoms with van der Waals surface area (Å²) < 4.78 is 0. The zero-order valence-corrected chi connectivity index (χ0v) is 8.66. The normalized spacial score (nSPS) is 17.1. The lowest BCUT2D eigenvalue weighted by molar-refractivity contribution is -0.138. The number of carbonyl (C=O) groups excluding carboxylic acids is 1. The number of hydrogen-bond donors (Lipinski definition) is 3. The van der Waals surface area contributed by atoms with Crippen LogP contribution in [0.15, 0.2) is 0 Å². The molecule has 15 heavy (non-hydrogen) atoms. The standard InChI is InChI=1S/C10H17NO4/c12-6-5-10(3-4-10)7-11-8(13)1-2-9(14)15/h12H,1-7H2,(H,11,13)(H,14,15). The maximum Gasteiger partial charge on any atom is 0.303 e. The summed E-state index contributed by atoms with van der Waals surface area (Å²) in [5.74, 6) is -1.18. The molecule has 1 rings (SSSR count). The molecular weight excluding hydrogens is 198 g/mol. The quantitative estimate of drug-likeness (QED) is 0.563. The second kappa shape index (κ2) is 5.11. The third-order valence-corrected chi connectivity index (χ3v) is 2.83. The molecule has 0 unspecified atom stereocenters. The highest BCUT2D eigenvalue weighted by atomic mass is 16.4. The molecular formula is C10H17NO4. The van der Waals surface area contributed by atoms with Crippen LogP contribution in [0.25, 0.3) is 0 Å². The first-order chi connectivity index (χ1) is 7.08. The molecule has 0 saturated heterocycles. The van der Waals surface area contributed by atoms with Crippen molar-refractivity contribution in [2.75, 3.05) is 13.2 Å². The van der Waals surface area contributed by atoms with Crippen molar-refractivity contribution in [1.29, 1.82) is 0 Å². The van der Waals surface area contributed by atoms with Crippen LogP contribution in [0, 0.1) is 5.41 Å². The minimum atomic E-state index is -0.957. The largest absolute Gasteiger partial charge is 0.481 e. The van der Waals surface area contributed by atoms with Crippen molar-refractivity contribution in [3.8, 4) is 0 Å². The van der Waals surface area contributed by atoms with E-state index in [0.717, 1.165) is 12.8 Å². The van der Waals surface area contributed by atoms with Gasteiger partial charge >= 0.3 is 5.97 Å². The van der Waals surface area contributed by atoms with Crippen LogP contribution >= 0.6 is 0 Å². The number of aliphatic carboxylic acids is 1. The second-order valence-electron chi connectivity index (χ2n) is 4.14. The lowest BCUT2D eigenvalue weighted by Crippen LogP contribution is -2.30. The number of carboxylic acids is 1. The van der Waals surface area contributed by atoms with Crippen molar-refractivity contribution in [3.05, 3.63) is 0 Å². The zero-order chi connectivity index (χ0) is 11.3. The molecule has 0 radical (unpaired) electrons. The topological polar surface area (TPSA) is 86.6 Å². The molecule has 1 saturated carbocycles. The van der Waals surface area contributed by atoms with Gasteiger partial charge in [0.25, 0.3) is 0 Å². The minimum absolute atomic E-state index is 0.0323. The van der Waals surface area contributed by atoms with Gasteiger partial charge in [0.05, 0.1) is 6.42 Å². The average Bonchev–Trinajstić information content (AvgIpc) is 2.93. The second-order valence-corrected chi connectivity index (χ2v) is 4.14. The molecule has 0 atom stereocenters. The minimum Gasteiger partial charge on any atom is -0.481 e. The van der Waals surface area contributed by atoms with Crippen LogP contribution < -0.4 is 5.32 Å². The Morgan fingerprint density at radius 3 is 2.40 bits per heavy atom. The lowest BCUT2D eigenvalue weighted by Gasteiger charge is -2.14. The highest BCUT2D eigenvalue weighted by Gasteiger charge is 2.41. The van der Waals surface area contributed by atoms with Gasteiger partial charge in [-0.2, -0.15) is 0 Å². The van der Waals surface area contributed by atoms with Crippen LogP contribution in [0.4, 0.5) is 0 Å². The predicted molar refractivity (Wildman–Crippen MR) is 53.2 cm³/mol. The first-order valence-electron chi connectivity index (χ1n) is 5.17. The molecule has 0 heterocycles. The van der Waals surface area contributed by atoms with E-state index >= 15 is 0 Å². The Hall–Kier alpha value is -1.10. The van der Waals surface area contributed by atoms with Crippen LogP contribution in [0.1, 0.15) is 32.1 Å². The Labute approximate surface area is 88.5 Å². The van der Waals surface area contributed by atoms with E-state index in [1.165, 1.54) is 0 Å². The number of carbonyl (C=O) groups is 2. The van der Waals surface area contributed by atoms with E-state index in [2.05, 4.69) is 5.32 Å². The van der Waals surface area contributed by atoms with Gasteiger partial charge in [0, 0.05) is 19.6 Å². The monoisotopic (exact) mass is 215 g/mol. The molecule has 5 heteroatoms. The van der Waals surface area contributed by atoms with Crippen LogP contribution in [-0.2, 0) is 9.59 Å². The Morgan fingerprint density at radius 1 is 1.27 bits per heavy atom. The summed E-state index contributed by atoms with van der Waals surface area (Å²) in [5, 5.41) is 19.9. The summed E-state index contributed by atoms with van der Waals surface area (Å²) in [5.41, 5.74) is 0.0909. The molecule has 1 amide bonds. The summed E-state index contributed by atoms with van der Waals surface area (Å²) in [7, 11) is 0. The summed E-state index contributed by atoms with van der Waals surface area (Å²) in [6, 6.07) is 0. The molecule has 0 aromatic heterocycles. The van der Waals surface area contributed by atoms with Gasteiger partial charge in [-0.15, -0.1) is 0 Å². The van der Waals surface area contributed by atoms with E-state index in [-0.39, 0.29) is 30.8 Å². The van der Waals surface area contributed by atoms with Gasteiger partial charge < -0.3 is 15.5 Å². The SMILES string of the molecule is O=C(O)CCC(=O)NCC1(CCO)CC1. The van der Waals surface area contributed by atoms with E-state index in [4.69, 9.17) is 10.2 Å². The molecule has 0 aromatic rings. The number of aliphatic hydroxyl groups excluding tert-OH is 1. The number of aliphatic hydroxyl groups is 1. The molecule has 1 aliphatic carbocycles. The third kappa shape index (κ3) is 4.29. The number of hydrogen-bond acceptors (Lipinski definition) is 3. The van der Waals surface area contributed by atoms with Crippen molar-refractivity contribution >= 4 is 11.9 Å². The van der Waals surface area contributed by atoms with Crippen molar-refractivity contribution in [2.24, 2.45) is 5.41 Å². The van der Waals surface area contributed by atoms with Gasteiger partial charge in [0.1, 0.15) is 0 Å². The van der Waals surface area contributed by atoms with Gasteiger partial charge in [-0.3, -0.25) is 9.59 Å². The number of carboxylic acid groups (broad SMARTS) is 1. The molecule has 1 aliphatic rings. The average molecular weight is 215 g/mol. The Balaban J connectivity index is 2.14. The van der Waals surface area contributed by atoms with E-state index in [9.17, 15) is 9.59 Å². The fourth-order valence-electron chi connectivity index (χ4n) is 1.52. The number of amides is 1. The predicted octanol–water partition coefficient (Wildman–Crippen LogP) is 0.130. The first kappa shape index (κ1) is 12.0.